The molecule has 114 valence electrons. The molecule has 4 bridgehead atoms. The zero-order chi connectivity index (χ0) is 14.9. The van der Waals surface area contributed by atoms with Crippen LogP contribution in [0, 0.1) is 16.7 Å². The Morgan fingerprint density at radius 1 is 1.00 bits per heavy atom. The molecule has 2 unspecified atom stereocenters. The molecule has 0 aromatic carbocycles. The van der Waals surface area contributed by atoms with Gasteiger partial charge in [0.05, 0.1) is 0 Å². The van der Waals surface area contributed by atoms with Gasteiger partial charge in [0.25, 0.3) is 0 Å². The van der Waals surface area contributed by atoms with Crippen molar-refractivity contribution in [2.45, 2.75) is 57.9 Å². The van der Waals surface area contributed by atoms with E-state index >= 15 is 0 Å². The molecule has 0 saturated heterocycles. The molecule has 6 heteroatoms. The number of nitrogens with one attached hydrogen (secondary N) is 1. The molecule has 2 atom stereocenters. The van der Waals surface area contributed by atoms with Crippen molar-refractivity contribution < 1.29 is 0 Å². The zero-order valence-electron chi connectivity index (χ0n) is 12.4. The van der Waals surface area contributed by atoms with Gasteiger partial charge in [-0.25, -0.2) is 0 Å². The highest BCUT2D eigenvalue weighted by atomic mass is 35.5. The van der Waals surface area contributed by atoms with E-state index in [9.17, 15) is 0 Å². The summed E-state index contributed by atoms with van der Waals surface area (Å²) in [6.45, 7) is 4.89. The molecule has 1 heterocycles. The van der Waals surface area contributed by atoms with Gasteiger partial charge in [-0.3, -0.25) is 0 Å². The van der Waals surface area contributed by atoms with E-state index in [2.05, 4.69) is 34.3 Å². The summed E-state index contributed by atoms with van der Waals surface area (Å²) in [5, 5.41) is 11.6. The maximum absolute atomic E-state index is 6.15. The van der Waals surface area contributed by atoms with Crippen LogP contribution in [0.25, 0.3) is 0 Å². The number of hydrogen-bond donors (Lipinski definition) is 1. The Bertz CT molecular complexity index is 587. The Balaban J connectivity index is 1.70. The summed E-state index contributed by atoms with van der Waals surface area (Å²) in [7, 11) is 0. The van der Waals surface area contributed by atoms with E-state index in [0.717, 1.165) is 5.92 Å². The lowest BCUT2D eigenvalue weighted by molar-refractivity contribution is -0.0974. The Labute approximate surface area is 135 Å². The van der Waals surface area contributed by atoms with E-state index in [0.29, 0.717) is 21.8 Å². The summed E-state index contributed by atoms with van der Waals surface area (Å²) in [6.07, 6.45) is 7.64. The minimum atomic E-state index is 0.0892. The number of halogens is 2. The second-order valence-electron chi connectivity index (χ2n) is 8.26. The molecule has 1 aromatic rings. The van der Waals surface area contributed by atoms with Crippen LogP contribution < -0.4 is 5.32 Å². The highest BCUT2D eigenvalue weighted by Crippen LogP contribution is 2.66. The van der Waals surface area contributed by atoms with Gasteiger partial charge < -0.3 is 5.32 Å². The molecule has 0 aliphatic heterocycles. The average molecular weight is 327 g/mol. The average Bonchev–Trinajstić information content (AvgIpc) is 2.28. The smallest absolute Gasteiger partial charge is 0.245 e. The molecule has 0 amide bonds. The van der Waals surface area contributed by atoms with Crippen molar-refractivity contribution in [3.05, 3.63) is 10.4 Å². The van der Waals surface area contributed by atoms with Crippen molar-refractivity contribution in [2.24, 2.45) is 16.7 Å². The monoisotopic (exact) mass is 326 g/mol. The lowest BCUT2D eigenvalue weighted by Crippen LogP contribution is -2.61. The molecule has 4 saturated carbocycles. The third-order valence-electron chi connectivity index (χ3n) is 5.63. The van der Waals surface area contributed by atoms with Crippen molar-refractivity contribution in [2.75, 3.05) is 5.32 Å². The lowest BCUT2D eigenvalue weighted by atomic mass is 9.43. The summed E-state index contributed by atoms with van der Waals surface area (Å²) in [5.74, 6) is 1.40. The van der Waals surface area contributed by atoms with Gasteiger partial charge in [-0.2, -0.15) is 4.98 Å². The molecule has 5 rings (SSSR count). The summed E-state index contributed by atoms with van der Waals surface area (Å²) >= 11 is 12.0. The molecule has 0 spiro atoms. The van der Waals surface area contributed by atoms with Gasteiger partial charge in [0, 0.05) is 5.54 Å². The van der Waals surface area contributed by atoms with Gasteiger partial charge in [-0.15, -0.1) is 10.2 Å². The summed E-state index contributed by atoms with van der Waals surface area (Å²) in [5.41, 5.74) is 0.974. The fourth-order valence-electron chi connectivity index (χ4n) is 6.21. The number of nitrogens with zero attached hydrogens (tertiary/aromatic N) is 3. The summed E-state index contributed by atoms with van der Waals surface area (Å²) < 4.78 is 0. The third kappa shape index (κ3) is 2.31. The van der Waals surface area contributed by atoms with Crippen LogP contribution in [0.5, 0.6) is 0 Å². The van der Waals surface area contributed by atoms with Crippen molar-refractivity contribution in [3.63, 3.8) is 0 Å². The molecule has 0 radical (unpaired) electrons. The first-order valence-electron chi connectivity index (χ1n) is 7.63. The Hall–Kier alpha value is -0.610. The number of anilines is 1. The highest BCUT2D eigenvalue weighted by Gasteiger charge is 2.60. The highest BCUT2D eigenvalue weighted by molar-refractivity contribution is 6.32. The van der Waals surface area contributed by atoms with Crippen molar-refractivity contribution in [3.8, 4) is 0 Å². The fourth-order valence-corrected chi connectivity index (χ4v) is 6.46. The van der Waals surface area contributed by atoms with Gasteiger partial charge in [-0.05, 0) is 66.9 Å². The van der Waals surface area contributed by atoms with Gasteiger partial charge in [0.2, 0.25) is 5.28 Å². The Morgan fingerprint density at radius 2 is 1.67 bits per heavy atom. The molecule has 1 aromatic heterocycles. The van der Waals surface area contributed by atoms with Gasteiger partial charge in [0.15, 0.2) is 11.0 Å². The molecule has 21 heavy (non-hydrogen) atoms. The SMILES string of the molecule is CC12CC3CC(C)(C1)CC(Nc1nc(Cl)nnc1Cl)(C3)C2. The third-order valence-corrected chi connectivity index (χ3v) is 6.04. The standard InChI is InChI=1S/C15H20Cl2N4/c1-13-3-9-4-14(2,6-13)8-15(5-9,7-13)19-11-10(16)20-21-12(17)18-11/h9H,3-8H2,1-2H3,(H,18,19,21). The fraction of sp³-hybridized carbons (Fsp3) is 0.800. The van der Waals surface area contributed by atoms with Crippen LogP contribution in [0.4, 0.5) is 5.82 Å². The quantitative estimate of drug-likeness (QED) is 0.878. The molecule has 4 fully saturated rings. The van der Waals surface area contributed by atoms with E-state index in [1.807, 2.05) is 0 Å². The summed E-state index contributed by atoms with van der Waals surface area (Å²) in [4.78, 5) is 4.24. The molecular formula is C15H20Cl2N4. The number of hydrogen-bond acceptors (Lipinski definition) is 4. The van der Waals surface area contributed by atoms with Crippen LogP contribution in [0.1, 0.15) is 52.4 Å². The predicted octanol–water partition coefficient (Wildman–Crippen LogP) is 4.34. The van der Waals surface area contributed by atoms with E-state index < -0.39 is 0 Å². The lowest BCUT2D eigenvalue weighted by Gasteiger charge is -2.65. The molecule has 4 aliphatic rings. The van der Waals surface area contributed by atoms with E-state index in [1.165, 1.54) is 38.5 Å². The van der Waals surface area contributed by atoms with Gasteiger partial charge in [0.1, 0.15) is 0 Å². The molecular weight excluding hydrogens is 307 g/mol. The van der Waals surface area contributed by atoms with Crippen LogP contribution in [-0.4, -0.2) is 20.7 Å². The largest absolute Gasteiger partial charge is 0.362 e. The minimum absolute atomic E-state index is 0.0892. The van der Waals surface area contributed by atoms with Gasteiger partial charge >= 0.3 is 0 Å². The second-order valence-corrected chi connectivity index (χ2v) is 8.95. The normalized spacial score (nSPS) is 44.1. The van der Waals surface area contributed by atoms with Crippen LogP contribution in [-0.2, 0) is 0 Å². The molecule has 4 nitrogen and oxygen atoms in total. The number of rotatable bonds is 2. The predicted molar refractivity (Wildman–Crippen MR) is 83.6 cm³/mol. The summed E-state index contributed by atoms with van der Waals surface area (Å²) in [6, 6.07) is 0. The minimum Gasteiger partial charge on any atom is -0.362 e. The molecule has 1 N–H and O–H groups in total. The first kappa shape index (κ1) is 14.0. The van der Waals surface area contributed by atoms with Crippen molar-refractivity contribution in [1.82, 2.24) is 15.2 Å². The number of aromatic nitrogens is 3. The van der Waals surface area contributed by atoms with E-state index in [-0.39, 0.29) is 10.8 Å². The maximum atomic E-state index is 6.15. The van der Waals surface area contributed by atoms with Gasteiger partial charge in [-0.1, -0.05) is 25.4 Å². The Kier molecular flexibility index (Phi) is 2.82. The van der Waals surface area contributed by atoms with Crippen molar-refractivity contribution >= 4 is 29.0 Å². The van der Waals surface area contributed by atoms with Crippen LogP contribution in [0.15, 0.2) is 0 Å². The van der Waals surface area contributed by atoms with E-state index in [4.69, 9.17) is 23.2 Å². The van der Waals surface area contributed by atoms with Crippen LogP contribution >= 0.6 is 23.2 Å². The first-order chi connectivity index (χ1) is 9.79. The van der Waals surface area contributed by atoms with E-state index in [1.54, 1.807) is 0 Å². The molecule has 4 aliphatic carbocycles. The zero-order valence-corrected chi connectivity index (χ0v) is 13.9. The van der Waals surface area contributed by atoms with Crippen LogP contribution in [0.2, 0.25) is 10.4 Å². The van der Waals surface area contributed by atoms with Crippen molar-refractivity contribution in [1.29, 1.82) is 0 Å². The first-order valence-corrected chi connectivity index (χ1v) is 8.39. The second kappa shape index (κ2) is 4.23. The Morgan fingerprint density at radius 3 is 2.29 bits per heavy atom. The topological polar surface area (TPSA) is 50.7 Å². The van der Waals surface area contributed by atoms with Crippen LogP contribution in [0.3, 0.4) is 0 Å². The maximum Gasteiger partial charge on any atom is 0.245 e.